The summed E-state index contributed by atoms with van der Waals surface area (Å²) in [7, 11) is 0. The van der Waals surface area contributed by atoms with Gasteiger partial charge in [0.25, 0.3) is 0 Å². The molecule has 2 N–H and O–H groups in total. The number of hydrogen-bond acceptors (Lipinski definition) is 2. The molecule has 1 aliphatic heterocycles. The van der Waals surface area contributed by atoms with Crippen LogP contribution in [0.3, 0.4) is 0 Å². The molecule has 0 fully saturated rings. The van der Waals surface area contributed by atoms with Gasteiger partial charge >= 0.3 is 0 Å². The maximum absolute atomic E-state index is 5.79. The monoisotopic (exact) mass is 205 g/mol. The third-order valence-electron chi connectivity index (χ3n) is 3.06. The Labute approximate surface area is 91.4 Å². The molecule has 1 aromatic rings. The smallest absolute Gasteiger partial charge is 0.122 e. The number of ether oxygens (including phenoxy) is 1. The van der Waals surface area contributed by atoms with E-state index in [0.29, 0.717) is 5.92 Å². The maximum Gasteiger partial charge on any atom is 0.122 e. The second kappa shape index (κ2) is 4.67. The lowest BCUT2D eigenvalue weighted by Gasteiger charge is -2.25. The molecule has 15 heavy (non-hydrogen) atoms. The van der Waals surface area contributed by atoms with Crippen LogP contribution in [-0.4, -0.2) is 13.2 Å². The molecule has 0 saturated carbocycles. The van der Waals surface area contributed by atoms with Gasteiger partial charge < -0.3 is 10.5 Å². The van der Waals surface area contributed by atoms with E-state index in [2.05, 4.69) is 25.1 Å². The van der Waals surface area contributed by atoms with E-state index in [-0.39, 0.29) is 0 Å². The number of aryl methyl sites for hydroxylation is 1. The summed E-state index contributed by atoms with van der Waals surface area (Å²) >= 11 is 0. The summed E-state index contributed by atoms with van der Waals surface area (Å²) in [5.41, 5.74) is 8.50. The van der Waals surface area contributed by atoms with Crippen molar-refractivity contribution in [1.29, 1.82) is 0 Å². The number of fused-ring (bicyclic) bond motifs is 1. The van der Waals surface area contributed by atoms with E-state index in [4.69, 9.17) is 10.5 Å². The molecule has 82 valence electrons. The average Bonchev–Trinajstić information content (AvgIpc) is 2.28. The van der Waals surface area contributed by atoms with Crippen LogP contribution < -0.4 is 10.5 Å². The molecule has 2 rings (SSSR count). The van der Waals surface area contributed by atoms with Gasteiger partial charge in [-0.3, -0.25) is 0 Å². The molecule has 1 aliphatic rings. The molecule has 0 aromatic heterocycles. The van der Waals surface area contributed by atoms with Crippen molar-refractivity contribution in [2.45, 2.75) is 32.1 Å². The highest BCUT2D eigenvalue weighted by Crippen LogP contribution is 2.33. The molecule has 2 nitrogen and oxygen atoms in total. The average molecular weight is 205 g/mol. The summed E-state index contributed by atoms with van der Waals surface area (Å²) in [5.74, 6) is 1.53. The van der Waals surface area contributed by atoms with Gasteiger partial charge in [0.15, 0.2) is 0 Å². The third kappa shape index (κ3) is 2.15. The van der Waals surface area contributed by atoms with Crippen molar-refractivity contribution >= 4 is 0 Å². The molecular weight excluding hydrogens is 186 g/mol. The standard InChI is InChI=1S/C13H19NO/c1-2-3-10-4-5-13-12(8-10)11(9-14)6-7-15-13/h4-5,8,11H,2-3,6-7,9,14H2,1H3. The quantitative estimate of drug-likeness (QED) is 0.822. The lowest BCUT2D eigenvalue weighted by Crippen LogP contribution is -2.21. The first kappa shape index (κ1) is 10.5. The third-order valence-corrected chi connectivity index (χ3v) is 3.06. The van der Waals surface area contributed by atoms with E-state index >= 15 is 0 Å². The molecule has 0 aliphatic carbocycles. The van der Waals surface area contributed by atoms with Crippen molar-refractivity contribution in [2.24, 2.45) is 5.73 Å². The summed E-state index contributed by atoms with van der Waals surface area (Å²) in [4.78, 5) is 0. The van der Waals surface area contributed by atoms with E-state index in [1.165, 1.54) is 17.5 Å². The minimum absolute atomic E-state index is 0.491. The molecule has 1 atom stereocenters. The number of rotatable bonds is 3. The minimum Gasteiger partial charge on any atom is -0.493 e. The van der Waals surface area contributed by atoms with E-state index in [1.807, 2.05) is 0 Å². The zero-order chi connectivity index (χ0) is 10.7. The van der Waals surface area contributed by atoms with Gasteiger partial charge in [-0.15, -0.1) is 0 Å². The first-order valence-corrected chi connectivity index (χ1v) is 5.80. The van der Waals surface area contributed by atoms with Crippen molar-refractivity contribution in [3.8, 4) is 5.75 Å². The molecule has 2 heteroatoms. The van der Waals surface area contributed by atoms with Crippen LogP contribution in [0.15, 0.2) is 18.2 Å². The maximum atomic E-state index is 5.79. The fourth-order valence-electron chi connectivity index (χ4n) is 2.20. The lowest BCUT2D eigenvalue weighted by atomic mass is 9.91. The van der Waals surface area contributed by atoms with Crippen LogP contribution in [0.1, 0.15) is 36.8 Å². The Balaban J connectivity index is 2.30. The molecular formula is C13H19NO. The fourth-order valence-corrected chi connectivity index (χ4v) is 2.20. The van der Waals surface area contributed by atoms with Crippen LogP contribution in [0.5, 0.6) is 5.75 Å². The molecule has 0 saturated heterocycles. The fraction of sp³-hybridized carbons (Fsp3) is 0.538. The molecule has 0 radical (unpaired) electrons. The Hall–Kier alpha value is -1.02. The summed E-state index contributed by atoms with van der Waals surface area (Å²) < 4.78 is 5.63. The number of benzene rings is 1. The van der Waals surface area contributed by atoms with Crippen LogP contribution in [0.4, 0.5) is 0 Å². The second-order valence-corrected chi connectivity index (χ2v) is 4.19. The predicted molar refractivity (Wildman–Crippen MR) is 62.3 cm³/mol. The first-order valence-electron chi connectivity index (χ1n) is 5.80. The van der Waals surface area contributed by atoms with E-state index in [1.54, 1.807) is 0 Å². The first-order chi connectivity index (χ1) is 7.35. The molecule has 0 bridgehead atoms. The highest BCUT2D eigenvalue weighted by atomic mass is 16.5. The minimum atomic E-state index is 0.491. The zero-order valence-corrected chi connectivity index (χ0v) is 9.33. The van der Waals surface area contributed by atoms with E-state index in [0.717, 1.165) is 31.7 Å². The normalized spacial score (nSPS) is 19.5. The van der Waals surface area contributed by atoms with E-state index < -0.39 is 0 Å². The Bertz CT molecular complexity index is 335. The second-order valence-electron chi connectivity index (χ2n) is 4.19. The van der Waals surface area contributed by atoms with Gasteiger partial charge in [0.05, 0.1) is 6.61 Å². The molecule has 1 heterocycles. The topological polar surface area (TPSA) is 35.2 Å². The van der Waals surface area contributed by atoms with Crippen LogP contribution in [0, 0.1) is 0 Å². The van der Waals surface area contributed by atoms with E-state index in [9.17, 15) is 0 Å². The molecule has 0 amide bonds. The van der Waals surface area contributed by atoms with Gasteiger partial charge in [0.2, 0.25) is 0 Å². The van der Waals surface area contributed by atoms with Crippen LogP contribution in [0.2, 0.25) is 0 Å². The SMILES string of the molecule is CCCc1ccc2c(c1)C(CN)CCO2. The van der Waals surface area contributed by atoms with Gasteiger partial charge in [-0.1, -0.05) is 25.5 Å². The van der Waals surface area contributed by atoms with Crippen LogP contribution in [0.25, 0.3) is 0 Å². The summed E-state index contributed by atoms with van der Waals surface area (Å²) in [6.45, 7) is 3.74. The summed E-state index contributed by atoms with van der Waals surface area (Å²) in [6, 6.07) is 6.54. The van der Waals surface area contributed by atoms with Crippen molar-refractivity contribution in [2.75, 3.05) is 13.2 Å². The van der Waals surface area contributed by atoms with Crippen molar-refractivity contribution in [1.82, 2.24) is 0 Å². The van der Waals surface area contributed by atoms with Crippen LogP contribution >= 0.6 is 0 Å². The Morgan fingerprint density at radius 2 is 2.33 bits per heavy atom. The molecule has 1 unspecified atom stereocenters. The lowest BCUT2D eigenvalue weighted by molar-refractivity contribution is 0.268. The highest BCUT2D eigenvalue weighted by Gasteiger charge is 2.20. The van der Waals surface area contributed by atoms with Gasteiger partial charge in [0.1, 0.15) is 5.75 Å². The largest absolute Gasteiger partial charge is 0.493 e. The number of hydrogen-bond donors (Lipinski definition) is 1. The Morgan fingerprint density at radius 1 is 1.47 bits per heavy atom. The van der Waals surface area contributed by atoms with Gasteiger partial charge in [-0.05, 0) is 36.6 Å². The van der Waals surface area contributed by atoms with Gasteiger partial charge in [-0.2, -0.15) is 0 Å². The zero-order valence-electron chi connectivity index (χ0n) is 9.33. The summed E-state index contributed by atoms with van der Waals surface area (Å²) in [6.07, 6.45) is 3.39. The van der Waals surface area contributed by atoms with Crippen LogP contribution in [-0.2, 0) is 6.42 Å². The van der Waals surface area contributed by atoms with Crippen molar-refractivity contribution in [3.63, 3.8) is 0 Å². The predicted octanol–water partition coefficient (Wildman–Crippen LogP) is 2.46. The molecule has 1 aromatic carbocycles. The highest BCUT2D eigenvalue weighted by molar-refractivity contribution is 5.41. The number of nitrogens with two attached hydrogens (primary N) is 1. The van der Waals surface area contributed by atoms with Gasteiger partial charge in [-0.25, -0.2) is 0 Å². The molecule has 0 spiro atoms. The van der Waals surface area contributed by atoms with Crippen molar-refractivity contribution < 1.29 is 4.74 Å². The van der Waals surface area contributed by atoms with Gasteiger partial charge in [0, 0.05) is 5.92 Å². The van der Waals surface area contributed by atoms with Crippen molar-refractivity contribution in [3.05, 3.63) is 29.3 Å². The Kier molecular flexibility index (Phi) is 3.27. The Morgan fingerprint density at radius 3 is 3.07 bits per heavy atom. The summed E-state index contributed by atoms with van der Waals surface area (Å²) in [5, 5.41) is 0.